The number of benzene rings is 1. The van der Waals surface area contributed by atoms with Crippen molar-refractivity contribution >= 4 is 17.3 Å². The number of carbonyl (C=O) groups is 2. The van der Waals surface area contributed by atoms with Crippen LogP contribution in [0.5, 0.6) is 0 Å². The molecule has 2 aromatic heterocycles. The van der Waals surface area contributed by atoms with Crippen LogP contribution in [0.1, 0.15) is 46.1 Å². The molecule has 0 aliphatic heterocycles. The van der Waals surface area contributed by atoms with Crippen molar-refractivity contribution in [2.75, 3.05) is 6.54 Å². The molecule has 2 amide bonds. The molecule has 0 spiro atoms. The van der Waals surface area contributed by atoms with E-state index in [0.717, 1.165) is 5.56 Å². The third-order valence-corrected chi connectivity index (χ3v) is 4.21. The van der Waals surface area contributed by atoms with Crippen LogP contribution in [0.2, 0.25) is 0 Å². The van der Waals surface area contributed by atoms with Gasteiger partial charge in [-0.1, -0.05) is 49.7 Å². The Kier molecular flexibility index (Phi) is 5.54. The lowest BCUT2D eigenvalue weighted by Gasteiger charge is -2.05. The fourth-order valence-corrected chi connectivity index (χ4v) is 2.71. The van der Waals surface area contributed by atoms with Crippen molar-refractivity contribution in [3.63, 3.8) is 0 Å². The van der Waals surface area contributed by atoms with Crippen molar-refractivity contribution in [1.82, 2.24) is 20.0 Å². The van der Waals surface area contributed by atoms with Gasteiger partial charge in [0.2, 0.25) is 5.82 Å². The number of nitrogens with zero attached hydrogens (tertiary/aromatic N) is 2. The van der Waals surface area contributed by atoms with E-state index in [1.54, 1.807) is 22.7 Å². The van der Waals surface area contributed by atoms with Gasteiger partial charge in [0.15, 0.2) is 5.69 Å². The van der Waals surface area contributed by atoms with E-state index in [1.165, 1.54) is 5.56 Å². The molecular weight excluding hydrogens is 340 g/mol. The number of aromatic nitrogens is 2. The average Bonchev–Trinajstić information content (AvgIpc) is 3.05. The minimum atomic E-state index is -0.320. The Hall–Kier alpha value is -3.15. The highest BCUT2D eigenvalue weighted by Crippen LogP contribution is 2.14. The zero-order valence-electron chi connectivity index (χ0n) is 15.8. The van der Waals surface area contributed by atoms with E-state index >= 15 is 0 Å². The molecular formula is C21H24N4O2. The molecule has 0 saturated carbocycles. The summed E-state index contributed by atoms with van der Waals surface area (Å²) in [4.78, 5) is 29.5. The van der Waals surface area contributed by atoms with Crippen molar-refractivity contribution in [1.29, 1.82) is 0 Å². The Bertz CT molecular complexity index is 958. The monoisotopic (exact) mass is 364 g/mol. The molecule has 6 nitrogen and oxygen atoms in total. The number of amides is 2. The van der Waals surface area contributed by atoms with Gasteiger partial charge in [0, 0.05) is 19.3 Å². The van der Waals surface area contributed by atoms with Gasteiger partial charge >= 0.3 is 0 Å². The highest BCUT2D eigenvalue weighted by Gasteiger charge is 2.21. The molecule has 0 bridgehead atoms. The van der Waals surface area contributed by atoms with Gasteiger partial charge in [0.1, 0.15) is 0 Å². The zero-order valence-corrected chi connectivity index (χ0v) is 15.8. The SMILES string of the molecule is Cc1ccc(CNC(=O)c2nc(C(=O)NCC(C)C)c3ccccn23)cc1. The van der Waals surface area contributed by atoms with E-state index in [4.69, 9.17) is 0 Å². The normalized spacial score (nSPS) is 11.0. The minimum Gasteiger partial charge on any atom is -0.350 e. The van der Waals surface area contributed by atoms with E-state index in [9.17, 15) is 9.59 Å². The molecule has 2 heterocycles. The molecule has 0 aliphatic carbocycles. The molecule has 0 radical (unpaired) electrons. The predicted octanol–water partition coefficient (Wildman–Crippen LogP) is 2.96. The second-order valence-corrected chi connectivity index (χ2v) is 7.01. The van der Waals surface area contributed by atoms with E-state index < -0.39 is 0 Å². The molecule has 140 valence electrons. The van der Waals surface area contributed by atoms with Gasteiger partial charge in [-0.15, -0.1) is 0 Å². The number of nitrogens with one attached hydrogen (secondary N) is 2. The first-order valence-electron chi connectivity index (χ1n) is 9.04. The van der Waals surface area contributed by atoms with Crippen LogP contribution in [0.4, 0.5) is 0 Å². The van der Waals surface area contributed by atoms with Gasteiger partial charge in [-0.2, -0.15) is 0 Å². The van der Waals surface area contributed by atoms with Crippen molar-refractivity contribution in [2.24, 2.45) is 5.92 Å². The largest absolute Gasteiger partial charge is 0.350 e. The standard InChI is InChI=1S/C21H24N4O2/c1-14(2)12-22-20(26)18-17-6-4-5-11-25(17)19(24-18)21(27)23-13-16-9-7-15(3)8-10-16/h4-11,14H,12-13H2,1-3H3,(H,22,26)(H,23,27). The number of rotatable bonds is 6. The fourth-order valence-electron chi connectivity index (χ4n) is 2.71. The van der Waals surface area contributed by atoms with Gasteiger partial charge in [-0.3, -0.25) is 14.0 Å². The van der Waals surface area contributed by atoms with Crippen LogP contribution in [0, 0.1) is 12.8 Å². The number of fused-ring (bicyclic) bond motifs is 1. The Morgan fingerprint density at radius 2 is 1.78 bits per heavy atom. The average molecular weight is 364 g/mol. The molecule has 0 aliphatic rings. The number of imidazole rings is 1. The van der Waals surface area contributed by atoms with Gasteiger partial charge in [-0.05, 0) is 30.5 Å². The summed E-state index contributed by atoms with van der Waals surface area (Å²) < 4.78 is 1.65. The van der Waals surface area contributed by atoms with E-state index in [2.05, 4.69) is 15.6 Å². The Balaban J connectivity index is 1.82. The van der Waals surface area contributed by atoms with Crippen LogP contribution in [0.25, 0.3) is 5.52 Å². The second-order valence-electron chi connectivity index (χ2n) is 7.01. The molecule has 0 fully saturated rings. The van der Waals surface area contributed by atoms with Crippen LogP contribution < -0.4 is 10.6 Å². The molecule has 0 atom stereocenters. The van der Waals surface area contributed by atoms with Gasteiger partial charge in [0.05, 0.1) is 5.52 Å². The number of pyridine rings is 1. The Morgan fingerprint density at radius 3 is 2.48 bits per heavy atom. The summed E-state index contributed by atoms with van der Waals surface area (Å²) in [7, 11) is 0. The van der Waals surface area contributed by atoms with Crippen LogP contribution in [0.3, 0.4) is 0 Å². The molecule has 0 saturated heterocycles. The second kappa shape index (κ2) is 8.03. The highest BCUT2D eigenvalue weighted by molar-refractivity contribution is 6.02. The van der Waals surface area contributed by atoms with Gasteiger partial charge < -0.3 is 10.6 Å². The van der Waals surface area contributed by atoms with E-state index in [1.807, 2.05) is 51.1 Å². The quantitative estimate of drug-likeness (QED) is 0.706. The lowest BCUT2D eigenvalue weighted by molar-refractivity contribution is 0.0939. The van der Waals surface area contributed by atoms with Crippen molar-refractivity contribution < 1.29 is 9.59 Å². The topological polar surface area (TPSA) is 75.5 Å². The molecule has 27 heavy (non-hydrogen) atoms. The maximum absolute atomic E-state index is 12.7. The predicted molar refractivity (Wildman–Crippen MR) is 105 cm³/mol. The van der Waals surface area contributed by atoms with Gasteiger partial charge in [-0.25, -0.2) is 4.98 Å². The first-order chi connectivity index (χ1) is 13.0. The molecule has 3 rings (SSSR count). The minimum absolute atomic E-state index is 0.201. The van der Waals surface area contributed by atoms with Crippen LogP contribution in [-0.2, 0) is 6.54 Å². The number of hydrogen-bond donors (Lipinski definition) is 2. The summed E-state index contributed by atoms with van der Waals surface area (Å²) in [5, 5.41) is 5.73. The van der Waals surface area contributed by atoms with Crippen LogP contribution >= 0.6 is 0 Å². The summed E-state index contributed by atoms with van der Waals surface area (Å²) in [5.74, 6) is -0.0582. The maximum atomic E-state index is 12.7. The first kappa shape index (κ1) is 18.6. The third-order valence-electron chi connectivity index (χ3n) is 4.21. The Labute approximate surface area is 158 Å². The van der Waals surface area contributed by atoms with Crippen LogP contribution in [-0.4, -0.2) is 27.7 Å². The van der Waals surface area contributed by atoms with Crippen LogP contribution in [0.15, 0.2) is 48.7 Å². The number of aryl methyl sites for hydroxylation is 1. The highest BCUT2D eigenvalue weighted by atomic mass is 16.2. The molecule has 3 aromatic rings. The van der Waals surface area contributed by atoms with Gasteiger partial charge in [0.25, 0.3) is 11.8 Å². The number of carbonyl (C=O) groups excluding carboxylic acids is 2. The molecule has 0 unspecified atom stereocenters. The van der Waals surface area contributed by atoms with Crippen molar-refractivity contribution in [3.8, 4) is 0 Å². The van der Waals surface area contributed by atoms with Crippen molar-refractivity contribution in [3.05, 3.63) is 71.3 Å². The first-order valence-corrected chi connectivity index (χ1v) is 9.04. The lowest BCUT2D eigenvalue weighted by atomic mass is 10.1. The molecule has 2 N–H and O–H groups in total. The van der Waals surface area contributed by atoms with E-state index in [0.29, 0.717) is 24.5 Å². The summed E-state index contributed by atoms with van der Waals surface area (Å²) in [6.07, 6.45) is 1.74. The Morgan fingerprint density at radius 1 is 1.04 bits per heavy atom. The lowest BCUT2D eigenvalue weighted by Crippen LogP contribution is -2.28. The number of hydrogen-bond acceptors (Lipinski definition) is 3. The maximum Gasteiger partial charge on any atom is 0.287 e. The summed E-state index contributed by atoms with van der Waals surface area (Å²) in [6, 6.07) is 13.4. The third kappa shape index (κ3) is 4.34. The molecule has 6 heteroatoms. The fraction of sp³-hybridized carbons (Fsp3) is 0.286. The smallest absolute Gasteiger partial charge is 0.287 e. The van der Waals surface area contributed by atoms with E-state index in [-0.39, 0.29) is 23.3 Å². The summed E-state index contributed by atoms with van der Waals surface area (Å²) in [6.45, 7) is 7.02. The van der Waals surface area contributed by atoms with Crippen molar-refractivity contribution in [2.45, 2.75) is 27.3 Å². The molecule has 1 aromatic carbocycles. The summed E-state index contributed by atoms with van der Waals surface area (Å²) >= 11 is 0. The zero-order chi connectivity index (χ0) is 19.4. The summed E-state index contributed by atoms with van der Waals surface area (Å²) in [5.41, 5.74) is 3.04.